The quantitative estimate of drug-likeness (QED) is 0.827. The SMILES string of the molecule is Cc1cc(F)ccc1NC(=O)N1CC[C@@H]2CCCC[C@H]2C1. The largest absolute Gasteiger partial charge is 0.324 e. The highest BCUT2D eigenvalue weighted by molar-refractivity contribution is 5.90. The van der Waals surface area contributed by atoms with Crippen molar-refractivity contribution in [1.29, 1.82) is 0 Å². The zero-order valence-corrected chi connectivity index (χ0v) is 12.6. The number of piperidine rings is 1. The maximum absolute atomic E-state index is 13.1. The van der Waals surface area contributed by atoms with Crippen LogP contribution in [0.5, 0.6) is 0 Å². The highest BCUT2D eigenvalue weighted by atomic mass is 19.1. The number of fused-ring (bicyclic) bond motifs is 1. The van der Waals surface area contributed by atoms with Gasteiger partial charge < -0.3 is 10.2 Å². The Morgan fingerprint density at radius 1 is 1.24 bits per heavy atom. The first-order valence-electron chi connectivity index (χ1n) is 7.95. The molecule has 1 aliphatic heterocycles. The smallest absolute Gasteiger partial charge is 0.321 e. The molecule has 1 N–H and O–H groups in total. The third kappa shape index (κ3) is 3.20. The molecule has 1 heterocycles. The average molecular weight is 290 g/mol. The molecule has 114 valence electrons. The number of nitrogens with one attached hydrogen (secondary N) is 1. The lowest BCUT2D eigenvalue weighted by Gasteiger charge is -2.41. The number of likely N-dealkylation sites (tertiary alicyclic amines) is 1. The number of benzene rings is 1. The van der Waals surface area contributed by atoms with E-state index in [2.05, 4.69) is 5.32 Å². The van der Waals surface area contributed by atoms with Crippen molar-refractivity contribution in [2.24, 2.45) is 11.8 Å². The van der Waals surface area contributed by atoms with Crippen LogP contribution in [0.25, 0.3) is 0 Å². The van der Waals surface area contributed by atoms with E-state index >= 15 is 0 Å². The molecule has 21 heavy (non-hydrogen) atoms. The van der Waals surface area contributed by atoms with Crippen LogP contribution in [0.1, 0.15) is 37.7 Å². The van der Waals surface area contributed by atoms with Crippen LogP contribution in [-0.4, -0.2) is 24.0 Å². The zero-order chi connectivity index (χ0) is 14.8. The monoisotopic (exact) mass is 290 g/mol. The predicted octanol–water partition coefficient (Wildman–Crippen LogP) is 4.18. The van der Waals surface area contributed by atoms with E-state index < -0.39 is 0 Å². The fourth-order valence-electron chi connectivity index (χ4n) is 3.75. The summed E-state index contributed by atoms with van der Waals surface area (Å²) in [4.78, 5) is 14.3. The Kier molecular flexibility index (Phi) is 4.13. The van der Waals surface area contributed by atoms with Gasteiger partial charge in [-0.1, -0.05) is 19.3 Å². The number of carbonyl (C=O) groups excluding carboxylic acids is 1. The molecular weight excluding hydrogens is 267 g/mol. The molecule has 2 fully saturated rings. The normalized spacial score (nSPS) is 25.3. The highest BCUT2D eigenvalue weighted by Crippen LogP contribution is 2.36. The number of rotatable bonds is 1. The van der Waals surface area contributed by atoms with Gasteiger partial charge in [0.05, 0.1) is 0 Å². The molecule has 1 saturated carbocycles. The van der Waals surface area contributed by atoms with E-state index in [0.717, 1.165) is 31.0 Å². The summed E-state index contributed by atoms with van der Waals surface area (Å²) in [5.74, 6) is 1.22. The van der Waals surface area contributed by atoms with Crippen LogP contribution in [0.15, 0.2) is 18.2 Å². The van der Waals surface area contributed by atoms with Crippen LogP contribution < -0.4 is 5.32 Å². The molecule has 3 rings (SSSR count). The third-order valence-electron chi connectivity index (χ3n) is 5.01. The lowest BCUT2D eigenvalue weighted by Crippen LogP contribution is -2.46. The summed E-state index contributed by atoms with van der Waals surface area (Å²) in [7, 11) is 0. The summed E-state index contributed by atoms with van der Waals surface area (Å²) in [6.07, 6.45) is 6.36. The van der Waals surface area contributed by atoms with E-state index in [-0.39, 0.29) is 11.8 Å². The lowest BCUT2D eigenvalue weighted by molar-refractivity contribution is 0.108. The van der Waals surface area contributed by atoms with Crippen molar-refractivity contribution in [3.63, 3.8) is 0 Å². The summed E-state index contributed by atoms with van der Waals surface area (Å²) in [5.41, 5.74) is 1.46. The second kappa shape index (κ2) is 6.04. The number of urea groups is 1. The van der Waals surface area contributed by atoms with Crippen LogP contribution in [0.4, 0.5) is 14.9 Å². The highest BCUT2D eigenvalue weighted by Gasteiger charge is 2.32. The minimum absolute atomic E-state index is 0.0475. The van der Waals surface area contributed by atoms with Gasteiger partial charge in [-0.2, -0.15) is 0 Å². The Hall–Kier alpha value is -1.58. The van der Waals surface area contributed by atoms with Gasteiger partial charge in [-0.25, -0.2) is 9.18 Å². The number of amides is 2. The van der Waals surface area contributed by atoms with Crippen molar-refractivity contribution in [2.45, 2.75) is 39.0 Å². The predicted molar refractivity (Wildman–Crippen MR) is 81.8 cm³/mol. The van der Waals surface area contributed by atoms with Gasteiger partial charge in [-0.15, -0.1) is 0 Å². The van der Waals surface area contributed by atoms with Gasteiger partial charge >= 0.3 is 6.03 Å². The van der Waals surface area contributed by atoms with Gasteiger partial charge in [0, 0.05) is 18.8 Å². The van der Waals surface area contributed by atoms with Gasteiger partial charge in [-0.3, -0.25) is 0 Å². The number of hydrogen-bond acceptors (Lipinski definition) is 1. The van der Waals surface area contributed by atoms with Crippen LogP contribution >= 0.6 is 0 Å². The molecule has 1 aliphatic carbocycles. The van der Waals surface area contributed by atoms with E-state index in [1.807, 2.05) is 11.8 Å². The van der Waals surface area contributed by atoms with Crippen molar-refractivity contribution in [3.05, 3.63) is 29.6 Å². The number of aryl methyl sites for hydroxylation is 1. The Morgan fingerprint density at radius 3 is 2.76 bits per heavy atom. The standard InChI is InChI=1S/C17H23FN2O/c1-12-10-15(18)6-7-16(12)19-17(21)20-9-8-13-4-2-3-5-14(13)11-20/h6-7,10,13-14H,2-5,8-9,11H2,1H3,(H,19,21)/t13-,14-/m0/s1. The molecule has 0 aromatic heterocycles. The molecule has 0 spiro atoms. The van der Waals surface area contributed by atoms with E-state index in [4.69, 9.17) is 0 Å². The van der Waals surface area contributed by atoms with Crippen LogP contribution in [0.3, 0.4) is 0 Å². The maximum Gasteiger partial charge on any atom is 0.321 e. The molecule has 2 aliphatic rings. The molecule has 1 aromatic rings. The molecule has 1 saturated heterocycles. The minimum Gasteiger partial charge on any atom is -0.324 e. The number of nitrogens with zero attached hydrogens (tertiary/aromatic N) is 1. The van der Waals surface area contributed by atoms with Crippen molar-refractivity contribution < 1.29 is 9.18 Å². The van der Waals surface area contributed by atoms with Crippen molar-refractivity contribution in [1.82, 2.24) is 4.90 Å². The second-order valence-corrected chi connectivity index (χ2v) is 6.43. The van der Waals surface area contributed by atoms with Crippen molar-refractivity contribution in [3.8, 4) is 0 Å². The van der Waals surface area contributed by atoms with E-state index in [1.165, 1.54) is 37.8 Å². The summed E-state index contributed by atoms with van der Waals surface area (Å²) < 4.78 is 13.1. The first-order valence-corrected chi connectivity index (χ1v) is 7.95. The number of anilines is 1. The molecule has 4 heteroatoms. The summed E-state index contributed by atoms with van der Waals surface area (Å²) in [5, 5.41) is 2.92. The molecule has 0 radical (unpaired) electrons. The Labute approximate surface area is 125 Å². The summed E-state index contributed by atoms with van der Waals surface area (Å²) >= 11 is 0. The first kappa shape index (κ1) is 14.4. The third-order valence-corrected chi connectivity index (χ3v) is 5.01. The van der Waals surface area contributed by atoms with Gasteiger partial charge in [0.2, 0.25) is 0 Å². The summed E-state index contributed by atoms with van der Waals surface area (Å²) in [6, 6.07) is 4.42. The van der Waals surface area contributed by atoms with E-state index in [9.17, 15) is 9.18 Å². The van der Waals surface area contributed by atoms with E-state index in [1.54, 1.807) is 6.07 Å². The van der Waals surface area contributed by atoms with Crippen LogP contribution in [-0.2, 0) is 0 Å². The summed E-state index contributed by atoms with van der Waals surface area (Å²) in [6.45, 7) is 3.52. The maximum atomic E-state index is 13.1. The van der Waals surface area contributed by atoms with Crippen LogP contribution in [0.2, 0.25) is 0 Å². The fourth-order valence-corrected chi connectivity index (χ4v) is 3.75. The molecule has 3 nitrogen and oxygen atoms in total. The molecule has 1 aromatic carbocycles. The number of carbonyl (C=O) groups is 1. The molecule has 0 unspecified atom stereocenters. The molecule has 2 atom stereocenters. The second-order valence-electron chi connectivity index (χ2n) is 6.43. The topological polar surface area (TPSA) is 32.3 Å². The van der Waals surface area contributed by atoms with Gasteiger partial charge in [0.25, 0.3) is 0 Å². The molecule has 0 bridgehead atoms. The first-order chi connectivity index (χ1) is 10.1. The molecule has 2 amide bonds. The van der Waals surface area contributed by atoms with Gasteiger partial charge in [-0.05, 0) is 55.4 Å². The molecular formula is C17H23FN2O. The van der Waals surface area contributed by atoms with Crippen molar-refractivity contribution >= 4 is 11.7 Å². The minimum atomic E-state index is -0.270. The Bertz CT molecular complexity index is 532. The van der Waals surface area contributed by atoms with E-state index in [0.29, 0.717) is 11.6 Å². The fraction of sp³-hybridized carbons (Fsp3) is 0.588. The Morgan fingerprint density at radius 2 is 2.00 bits per heavy atom. The zero-order valence-electron chi connectivity index (χ0n) is 12.6. The Balaban J connectivity index is 1.63. The van der Waals surface area contributed by atoms with Crippen molar-refractivity contribution in [2.75, 3.05) is 18.4 Å². The van der Waals surface area contributed by atoms with Crippen LogP contribution in [0, 0.1) is 24.6 Å². The van der Waals surface area contributed by atoms with Gasteiger partial charge in [0.1, 0.15) is 5.82 Å². The van der Waals surface area contributed by atoms with Gasteiger partial charge in [0.15, 0.2) is 0 Å². The number of hydrogen-bond donors (Lipinski definition) is 1. The number of halogens is 1. The lowest BCUT2D eigenvalue weighted by atomic mass is 9.75. The average Bonchev–Trinajstić information content (AvgIpc) is 2.49.